The van der Waals surface area contributed by atoms with Crippen molar-refractivity contribution in [1.29, 1.82) is 0 Å². The van der Waals surface area contributed by atoms with Gasteiger partial charge in [-0.15, -0.1) is 0 Å². The highest BCUT2D eigenvalue weighted by Crippen LogP contribution is 2.05. The van der Waals surface area contributed by atoms with E-state index >= 15 is 0 Å². The highest BCUT2D eigenvalue weighted by Gasteiger charge is 1.92. The minimum absolute atomic E-state index is 0.234. The average molecular weight is 205 g/mol. The van der Waals surface area contributed by atoms with E-state index in [2.05, 4.69) is 20.1 Å². The maximum absolute atomic E-state index is 12.4. The fourth-order valence-electron chi connectivity index (χ4n) is 0.690. The van der Waals surface area contributed by atoms with Gasteiger partial charge in [0, 0.05) is 0 Å². The molecule has 0 spiro atoms. The molecule has 1 nitrogen and oxygen atoms in total. The summed E-state index contributed by atoms with van der Waals surface area (Å²) in [7, 11) is 0. The Hall–Kier alpha value is -0.410. The highest BCUT2D eigenvalue weighted by molar-refractivity contribution is 9.06. The molecule has 1 aromatic rings. The van der Waals surface area contributed by atoms with Gasteiger partial charge in [0.05, 0.1) is 22.9 Å². The lowest BCUT2D eigenvalue weighted by Crippen LogP contribution is -1.83. The summed E-state index contributed by atoms with van der Waals surface area (Å²) in [5.41, 5.74) is 0.817. The second kappa shape index (κ2) is 3.68. The molecular formula is C7H6BrFO. The van der Waals surface area contributed by atoms with E-state index < -0.39 is 0 Å². The van der Waals surface area contributed by atoms with Gasteiger partial charge in [-0.05, 0) is 17.7 Å². The molecule has 1 rings (SSSR count). The van der Waals surface area contributed by atoms with Crippen molar-refractivity contribution in [3.63, 3.8) is 0 Å². The second-order valence-corrected chi connectivity index (χ2v) is 2.34. The quantitative estimate of drug-likeness (QED) is 0.721. The summed E-state index contributed by atoms with van der Waals surface area (Å²) < 4.78 is 17.0. The molecule has 0 unspecified atom stereocenters. The van der Waals surface area contributed by atoms with Gasteiger partial charge < -0.3 is 3.83 Å². The van der Waals surface area contributed by atoms with Gasteiger partial charge in [0.25, 0.3) is 0 Å². The maximum atomic E-state index is 12.4. The molecule has 3 heteroatoms. The van der Waals surface area contributed by atoms with Crippen LogP contribution in [0.3, 0.4) is 0 Å². The van der Waals surface area contributed by atoms with Crippen molar-refractivity contribution in [1.82, 2.24) is 0 Å². The van der Waals surface area contributed by atoms with Crippen LogP contribution < -0.4 is 0 Å². The largest absolute Gasteiger partial charge is 0.303 e. The molecule has 0 saturated heterocycles. The first-order valence-electron chi connectivity index (χ1n) is 2.81. The zero-order valence-corrected chi connectivity index (χ0v) is 6.77. The lowest BCUT2D eigenvalue weighted by Gasteiger charge is -1.95. The first kappa shape index (κ1) is 7.69. The summed E-state index contributed by atoms with van der Waals surface area (Å²) in [4.78, 5) is 0. The fourth-order valence-corrected chi connectivity index (χ4v) is 0.954. The van der Waals surface area contributed by atoms with Crippen LogP contribution >= 0.6 is 16.3 Å². The molecule has 0 aliphatic carbocycles. The predicted octanol–water partition coefficient (Wildman–Crippen LogP) is 2.65. The van der Waals surface area contributed by atoms with Crippen molar-refractivity contribution in [3.8, 4) is 0 Å². The summed E-state index contributed by atoms with van der Waals surface area (Å²) in [5.74, 6) is -0.234. The molecule has 0 radical (unpaired) electrons. The first-order valence-corrected chi connectivity index (χ1v) is 3.45. The Morgan fingerprint density at radius 3 is 2.90 bits per heavy atom. The minimum atomic E-state index is -0.234. The fraction of sp³-hybridized carbons (Fsp3) is 0.143. The Labute approximate surface area is 67.3 Å². The normalized spacial score (nSPS) is 9.80. The van der Waals surface area contributed by atoms with Crippen LogP contribution in [0.25, 0.3) is 0 Å². The van der Waals surface area contributed by atoms with E-state index in [1.54, 1.807) is 12.1 Å². The molecule has 0 bridgehead atoms. The Bertz CT molecular complexity index is 215. The topological polar surface area (TPSA) is 9.23 Å². The lowest BCUT2D eigenvalue weighted by atomic mass is 10.2. The minimum Gasteiger partial charge on any atom is -0.303 e. The van der Waals surface area contributed by atoms with Crippen LogP contribution in [0.1, 0.15) is 5.56 Å². The molecule has 0 amide bonds. The molecule has 54 valence electrons. The van der Waals surface area contributed by atoms with Gasteiger partial charge in [-0.3, -0.25) is 0 Å². The molecule has 0 aliphatic heterocycles. The zero-order chi connectivity index (χ0) is 7.40. The van der Waals surface area contributed by atoms with Crippen LogP contribution in [0, 0.1) is 5.82 Å². The van der Waals surface area contributed by atoms with Crippen LogP contribution in [0.5, 0.6) is 0 Å². The van der Waals surface area contributed by atoms with Gasteiger partial charge in [-0.1, -0.05) is 12.1 Å². The highest BCUT2D eigenvalue weighted by atomic mass is 79.9. The van der Waals surface area contributed by atoms with Crippen LogP contribution in [-0.4, -0.2) is 0 Å². The van der Waals surface area contributed by atoms with Crippen molar-refractivity contribution in [2.24, 2.45) is 0 Å². The monoisotopic (exact) mass is 204 g/mol. The molecule has 0 aliphatic rings. The Balaban J connectivity index is 2.75. The number of halogens is 2. The molecule has 0 heterocycles. The van der Waals surface area contributed by atoms with Gasteiger partial charge in [0.1, 0.15) is 5.82 Å². The van der Waals surface area contributed by atoms with E-state index in [9.17, 15) is 4.39 Å². The van der Waals surface area contributed by atoms with Crippen molar-refractivity contribution < 1.29 is 8.22 Å². The Morgan fingerprint density at radius 2 is 2.30 bits per heavy atom. The summed E-state index contributed by atoms with van der Waals surface area (Å²) >= 11 is 2.79. The molecule has 0 N–H and O–H groups in total. The molecule has 0 saturated carbocycles. The van der Waals surface area contributed by atoms with Crippen LogP contribution in [-0.2, 0) is 10.4 Å². The summed E-state index contributed by atoms with van der Waals surface area (Å²) in [6.07, 6.45) is 0. The SMILES string of the molecule is Fc1cccc(COBr)c1. The third kappa shape index (κ3) is 2.08. The standard InChI is InChI=1S/C7H6BrFO/c8-10-5-6-2-1-3-7(9)4-6/h1-4H,5H2. The maximum Gasteiger partial charge on any atom is 0.123 e. The van der Waals surface area contributed by atoms with E-state index in [1.807, 2.05) is 0 Å². The van der Waals surface area contributed by atoms with E-state index in [4.69, 9.17) is 0 Å². The third-order valence-corrected chi connectivity index (χ3v) is 1.34. The molecule has 10 heavy (non-hydrogen) atoms. The molecule has 0 aromatic heterocycles. The van der Waals surface area contributed by atoms with Gasteiger partial charge in [-0.2, -0.15) is 0 Å². The number of benzene rings is 1. The number of rotatable bonds is 2. The van der Waals surface area contributed by atoms with E-state index in [-0.39, 0.29) is 5.82 Å². The zero-order valence-electron chi connectivity index (χ0n) is 5.18. The van der Waals surface area contributed by atoms with Gasteiger partial charge in [0.15, 0.2) is 0 Å². The molecular weight excluding hydrogens is 199 g/mol. The van der Waals surface area contributed by atoms with Crippen LogP contribution in [0.2, 0.25) is 0 Å². The smallest absolute Gasteiger partial charge is 0.123 e. The van der Waals surface area contributed by atoms with Crippen LogP contribution in [0.4, 0.5) is 4.39 Å². The van der Waals surface area contributed by atoms with Crippen molar-refractivity contribution in [2.45, 2.75) is 6.61 Å². The van der Waals surface area contributed by atoms with Crippen molar-refractivity contribution in [2.75, 3.05) is 0 Å². The van der Waals surface area contributed by atoms with Crippen molar-refractivity contribution >= 4 is 16.3 Å². The summed E-state index contributed by atoms with van der Waals surface area (Å²) in [5, 5.41) is 0. The molecule has 0 atom stereocenters. The summed E-state index contributed by atoms with van der Waals surface area (Å²) in [6, 6.07) is 6.28. The van der Waals surface area contributed by atoms with E-state index in [0.29, 0.717) is 6.61 Å². The van der Waals surface area contributed by atoms with Crippen LogP contribution in [0.15, 0.2) is 24.3 Å². The van der Waals surface area contributed by atoms with E-state index in [1.165, 1.54) is 12.1 Å². The average Bonchev–Trinajstić information content (AvgIpc) is 1.88. The Morgan fingerprint density at radius 1 is 1.50 bits per heavy atom. The van der Waals surface area contributed by atoms with Gasteiger partial charge >= 0.3 is 0 Å². The molecule has 1 aromatic carbocycles. The lowest BCUT2D eigenvalue weighted by molar-refractivity contribution is 0.386. The predicted molar refractivity (Wildman–Crippen MR) is 40.1 cm³/mol. The first-order chi connectivity index (χ1) is 4.83. The molecule has 0 fully saturated rings. The summed E-state index contributed by atoms with van der Waals surface area (Å²) in [6.45, 7) is 0.387. The second-order valence-electron chi connectivity index (χ2n) is 1.88. The number of hydrogen-bond donors (Lipinski definition) is 0. The Kier molecular flexibility index (Phi) is 2.83. The number of hydrogen-bond acceptors (Lipinski definition) is 1. The third-order valence-electron chi connectivity index (χ3n) is 1.11. The van der Waals surface area contributed by atoms with Crippen molar-refractivity contribution in [3.05, 3.63) is 35.6 Å². The van der Waals surface area contributed by atoms with Gasteiger partial charge in [0.2, 0.25) is 0 Å². The van der Waals surface area contributed by atoms with Gasteiger partial charge in [-0.25, -0.2) is 4.39 Å². The van der Waals surface area contributed by atoms with E-state index in [0.717, 1.165) is 5.56 Å².